The molecule has 0 unspecified atom stereocenters. The van der Waals surface area contributed by atoms with Crippen LogP contribution in [-0.2, 0) is 16.0 Å². The first-order valence-corrected chi connectivity index (χ1v) is 13.1. The number of esters is 1. The number of aromatic nitrogens is 2. The summed E-state index contributed by atoms with van der Waals surface area (Å²) in [6.07, 6.45) is 7.50. The largest absolute Gasteiger partial charge is 0.465 e. The number of benzene rings is 1. The van der Waals surface area contributed by atoms with Gasteiger partial charge in [0, 0.05) is 61.6 Å². The summed E-state index contributed by atoms with van der Waals surface area (Å²) >= 11 is 0. The molecule has 2 aliphatic rings. The molecule has 3 aromatic rings. The number of methoxy groups -OCH3 is 1. The second-order valence-corrected chi connectivity index (χ2v) is 11.1. The Morgan fingerprint density at radius 1 is 1.03 bits per heavy atom. The number of piperazine rings is 1. The van der Waals surface area contributed by atoms with E-state index < -0.39 is 5.60 Å². The van der Waals surface area contributed by atoms with Crippen molar-refractivity contribution in [1.29, 1.82) is 0 Å². The third kappa shape index (κ3) is 5.43. The Morgan fingerprint density at radius 2 is 1.78 bits per heavy atom. The van der Waals surface area contributed by atoms with Crippen LogP contribution in [0.1, 0.15) is 50.4 Å². The van der Waals surface area contributed by atoms with E-state index in [1.54, 1.807) is 4.90 Å². The molecule has 1 aliphatic carbocycles. The van der Waals surface area contributed by atoms with Crippen molar-refractivity contribution >= 4 is 28.8 Å². The highest BCUT2D eigenvalue weighted by Gasteiger charge is 2.26. The molecule has 0 bridgehead atoms. The summed E-state index contributed by atoms with van der Waals surface area (Å²) in [4.78, 5) is 33.7. The summed E-state index contributed by atoms with van der Waals surface area (Å²) in [5, 5.41) is 0.919. The van der Waals surface area contributed by atoms with E-state index in [1.807, 2.05) is 51.2 Å². The van der Waals surface area contributed by atoms with Gasteiger partial charge in [0.1, 0.15) is 11.4 Å². The van der Waals surface area contributed by atoms with E-state index in [0.29, 0.717) is 37.7 Å². The molecule has 1 amide bonds. The zero-order chi connectivity index (χ0) is 26.2. The van der Waals surface area contributed by atoms with Gasteiger partial charge in [0.05, 0.1) is 12.7 Å². The summed E-state index contributed by atoms with van der Waals surface area (Å²) < 4.78 is 12.9. The number of rotatable bonds is 5. The number of pyridine rings is 1. The van der Waals surface area contributed by atoms with E-state index in [9.17, 15) is 9.59 Å². The lowest BCUT2D eigenvalue weighted by Gasteiger charge is -2.36. The molecular formula is C29H36N4O4. The third-order valence-corrected chi connectivity index (χ3v) is 7.31. The first-order chi connectivity index (χ1) is 17.7. The van der Waals surface area contributed by atoms with Crippen LogP contribution in [0.5, 0.6) is 0 Å². The van der Waals surface area contributed by atoms with Gasteiger partial charge in [-0.25, -0.2) is 14.6 Å². The summed E-state index contributed by atoms with van der Waals surface area (Å²) in [6, 6.07) is 10.1. The van der Waals surface area contributed by atoms with Crippen LogP contribution in [0.25, 0.3) is 22.0 Å². The molecule has 196 valence electrons. The Bertz CT molecular complexity index is 1280. The molecule has 0 spiro atoms. The molecule has 2 aromatic heterocycles. The minimum atomic E-state index is -0.499. The average Bonchev–Trinajstić information content (AvgIpc) is 3.27. The van der Waals surface area contributed by atoms with Crippen molar-refractivity contribution in [2.75, 3.05) is 38.2 Å². The van der Waals surface area contributed by atoms with Crippen molar-refractivity contribution in [1.82, 2.24) is 14.5 Å². The van der Waals surface area contributed by atoms with Gasteiger partial charge in [-0.05, 0) is 75.4 Å². The summed E-state index contributed by atoms with van der Waals surface area (Å²) in [5.41, 5.74) is 3.01. The second kappa shape index (κ2) is 10.1. The number of carbonyl (C=O) groups is 2. The van der Waals surface area contributed by atoms with Gasteiger partial charge in [0.25, 0.3) is 0 Å². The molecule has 1 saturated heterocycles. The van der Waals surface area contributed by atoms with E-state index >= 15 is 0 Å². The van der Waals surface area contributed by atoms with Crippen LogP contribution >= 0.6 is 0 Å². The second-order valence-electron chi connectivity index (χ2n) is 11.1. The molecule has 5 rings (SSSR count). The monoisotopic (exact) mass is 504 g/mol. The standard InChI is InChI=1S/C29H36N4O4/c1-29(2,3)37-28(35)32-14-12-31(13-15-32)26-9-8-21(18-30-26)22-16-24(27(34)36-4)23-10-11-33(25(23)17-22)19-20-6-5-7-20/h8-11,16-18,20H,5-7,12-15,19H2,1-4H3. The van der Waals surface area contributed by atoms with Gasteiger partial charge in [-0.1, -0.05) is 6.42 Å². The number of amides is 1. The summed E-state index contributed by atoms with van der Waals surface area (Å²) in [6.45, 7) is 9.18. The number of hydrogen-bond acceptors (Lipinski definition) is 6. The Labute approximate surface area is 218 Å². The van der Waals surface area contributed by atoms with Crippen LogP contribution < -0.4 is 4.90 Å². The lowest BCUT2D eigenvalue weighted by atomic mass is 9.85. The normalized spacial score (nSPS) is 16.5. The first kappa shape index (κ1) is 25.1. The summed E-state index contributed by atoms with van der Waals surface area (Å²) in [7, 11) is 1.42. The van der Waals surface area contributed by atoms with Crippen LogP contribution in [0.4, 0.5) is 10.6 Å². The topological polar surface area (TPSA) is 76.9 Å². The smallest absolute Gasteiger partial charge is 0.410 e. The molecule has 8 nitrogen and oxygen atoms in total. The fraction of sp³-hybridized carbons (Fsp3) is 0.483. The fourth-order valence-electron chi connectivity index (χ4n) is 5.04. The predicted molar refractivity (Wildman–Crippen MR) is 144 cm³/mol. The fourth-order valence-corrected chi connectivity index (χ4v) is 5.04. The third-order valence-electron chi connectivity index (χ3n) is 7.31. The number of anilines is 1. The molecule has 1 saturated carbocycles. The highest BCUT2D eigenvalue weighted by Crippen LogP contribution is 2.33. The van der Waals surface area contributed by atoms with Gasteiger partial charge in [-0.3, -0.25) is 0 Å². The quantitative estimate of drug-likeness (QED) is 0.436. The molecule has 0 N–H and O–H groups in total. The SMILES string of the molecule is COC(=O)c1cc(-c2ccc(N3CCN(C(=O)OC(C)(C)C)CC3)nc2)cc2c1ccn2CC1CCC1. The Kier molecular flexibility index (Phi) is 6.84. The highest BCUT2D eigenvalue weighted by molar-refractivity contribution is 6.06. The molecule has 1 aliphatic heterocycles. The number of hydrogen-bond donors (Lipinski definition) is 0. The van der Waals surface area contributed by atoms with Crippen LogP contribution in [0.3, 0.4) is 0 Å². The summed E-state index contributed by atoms with van der Waals surface area (Å²) in [5.74, 6) is 1.24. The van der Waals surface area contributed by atoms with Gasteiger partial charge in [-0.2, -0.15) is 0 Å². The number of nitrogens with zero attached hydrogens (tertiary/aromatic N) is 4. The lowest BCUT2D eigenvalue weighted by molar-refractivity contribution is 0.0240. The van der Waals surface area contributed by atoms with E-state index in [4.69, 9.17) is 14.5 Å². The predicted octanol–water partition coefficient (Wildman–Crippen LogP) is 5.35. The maximum Gasteiger partial charge on any atom is 0.410 e. The van der Waals surface area contributed by atoms with E-state index in [-0.39, 0.29) is 12.1 Å². The van der Waals surface area contributed by atoms with Crippen LogP contribution in [0.2, 0.25) is 0 Å². The number of ether oxygens (including phenoxy) is 2. The van der Waals surface area contributed by atoms with Crippen molar-refractivity contribution in [3.63, 3.8) is 0 Å². The molecule has 1 aromatic carbocycles. The van der Waals surface area contributed by atoms with Crippen molar-refractivity contribution in [3.05, 3.63) is 48.3 Å². The zero-order valence-electron chi connectivity index (χ0n) is 22.2. The highest BCUT2D eigenvalue weighted by atomic mass is 16.6. The van der Waals surface area contributed by atoms with Crippen LogP contribution in [0, 0.1) is 5.92 Å². The van der Waals surface area contributed by atoms with Gasteiger partial charge >= 0.3 is 12.1 Å². The van der Waals surface area contributed by atoms with E-state index in [1.165, 1.54) is 26.4 Å². The van der Waals surface area contributed by atoms with Gasteiger partial charge in [-0.15, -0.1) is 0 Å². The first-order valence-electron chi connectivity index (χ1n) is 13.1. The maximum atomic E-state index is 12.6. The lowest BCUT2D eigenvalue weighted by Crippen LogP contribution is -2.50. The zero-order valence-corrected chi connectivity index (χ0v) is 22.2. The van der Waals surface area contributed by atoms with Crippen molar-refractivity contribution in [3.8, 4) is 11.1 Å². The molecule has 2 fully saturated rings. The maximum absolute atomic E-state index is 12.6. The Hall–Kier alpha value is -3.55. The minimum absolute atomic E-state index is 0.269. The van der Waals surface area contributed by atoms with E-state index in [2.05, 4.69) is 21.7 Å². The molecular weight excluding hydrogens is 468 g/mol. The average molecular weight is 505 g/mol. The van der Waals surface area contributed by atoms with Crippen molar-refractivity contribution < 1.29 is 19.1 Å². The van der Waals surface area contributed by atoms with E-state index in [0.717, 1.165) is 34.4 Å². The van der Waals surface area contributed by atoms with Crippen molar-refractivity contribution in [2.24, 2.45) is 5.92 Å². The van der Waals surface area contributed by atoms with Crippen molar-refractivity contribution in [2.45, 2.75) is 52.2 Å². The Balaban J connectivity index is 1.34. The van der Waals surface area contributed by atoms with Gasteiger partial charge < -0.3 is 23.8 Å². The molecule has 8 heteroatoms. The molecule has 0 radical (unpaired) electrons. The number of fused-ring (bicyclic) bond motifs is 1. The van der Waals surface area contributed by atoms with Crippen LogP contribution in [-0.4, -0.2) is 65.4 Å². The molecule has 3 heterocycles. The number of carbonyl (C=O) groups excluding carboxylic acids is 2. The molecule has 37 heavy (non-hydrogen) atoms. The minimum Gasteiger partial charge on any atom is -0.465 e. The Morgan fingerprint density at radius 3 is 2.38 bits per heavy atom. The van der Waals surface area contributed by atoms with Gasteiger partial charge in [0.15, 0.2) is 0 Å². The molecule has 0 atom stereocenters. The van der Waals surface area contributed by atoms with Gasteiger partial charge in [0.2, 0.25) is 0 Å². The van der Waals surface area contributed by atoms with Crippen LogP contribution in [0.15, 0.2) is 42.7 Å².